The largest absolute Gasteiger partial charge is 0.370 e. The van der Waals surface area contributed by atoms with Crippen molar-refractivity contribution in [1.82, 2.24) is 10.2 Å². The summed E-state index contributed by atoms with van der Waals surface area (Å²) in [6, 6.07) is 0. The Bertz CT molecular complexity index is 304. The highest BCUT2D eigenvalue weighted by Gasteiger charge is 2.31. The van der Waals surface area contributed by atoms with E-state index in [2.05, 4.69) is 17.5 Å². The molecule has 1 aliphatic heterocycles. The van der Waals surface area contributed by atoms with Gasteiger partial charge in [-0.1, -0.05) is 12.2 Å². The van der Waals surface area contributed by atoms with E-state index >= 15 is 0 Å². The first-order valence-corrected chi connectivity index (χ1v) is 4.56. The standard InChI is InChI=1S/C10H14N2O/c1-7-4-3-5-8-9(7)11-6-12(2)10(8)13/h3-4,8,11H,5-6H2,1-2H3. The molecule has 0 spiro atoms. The van der Waals surface area contributed by atoms with Crippen LogP contribution >= 0.6 is 0 Å². The van der Waals surface area contributed by atoms with Crippen LogP contribution in [0, 0.1) is 5.92 Å². The predicted molar refractivity (Wildman–Crippen MR) is 50.7 cm³/mol. The highest BCUT2D eigenvalue weighted by molar-refractivity contribution is 5.83. The van der Waals surface area contributed by atoms with Gasteiger partial charge in [-0.3, -0.25) is 4.79 Å². The number of carbonyl (C=O) groups excluding carboxylic acids is 1. The monoisotopic (exact) mass is 178 g/mol. The van der Waals surface area contributed by atoms with E-state index in [9.17, 15) is 4.79 Å². The Balaban J connectivity index is 2.32. The second-order valence-corrected chi connectivity index (χ2v) is 3.66. The van der Waals surface area contributed by atoms with E-state index in [1.54, 1.807) is 4.90 Å². The molecule has 0 radical (unpaired) electrons. The van der Waals surface area contributed by atoms with Crippen molar-refractivity contribution < 1.29 is 4.79 Å². The minimum atomic E-state index is 0.0451. The third-order valence-corrected chi connectivity index (χ3v) is 2.69. The second-order valence-electron chi connectivity index (χ2n) is 3.66. The fraction of sp³-hybridized carbons (Fsp3) is 0.500. The van der Waals surface area contributed by atoms with E-state index in [0.717, 1.165) is 12.1 Å². The molecule has 2 aliphatic rings. The van der Waals surface area contributed by atoms with Crippen LogP contribution in [0.2, 0.25) is 0 Å². The third kappa shape index (κ3) is 1.24. The average Bonchev–Trinajstić information content (AvgIpc) is 2.12. The number of fused-ring (bicyclic) bond motifs is 1. The van der Waals surface area contributed by atoms with Crippen molar-refractivity contribution >= 4 is 5.91 Å². The Hall–Kier alpha value is -1.25. The topological polar surface area (TPSA) is 32.3 Å². The van der Waals surface area contributed by atoms with E-state index in [0.29, 0.717) is 6.67 Å². The van der Waals surface area contributed by atoms with E-state index < -0.39 is 0 Å². The van der Waals surface area contributed by atoms with E-state index in [1.807, 2.05) is 14.0 Å². The summed E-state index contributed by atoms with van der Waals surface area (Å²) in [6.07, 6.45) is 4.99. The minimum Gasteiger partial charge on any atom is -0.370 e. The van der Waals surface area contributed by atoms with Crippen molar-refractivity contribution in [3.63, 3.8) is 0 Å². The van der Waals surface area contributed by atoms with Crippen molar-refractivity contribution in [3.05, 3.63) is 23.4 Å². The van der Waals surface area contributed by atoms with Gasteiger partial charge in [0.1, 0.15) is 0 Å². The molecular formula is C10H14N2O. The van der Waals surface area contributed by atoms with Crippen LogP contribution in [-0.4, -0.2) is 24.5 Å². The van der Waals surface area contributed by atoms with Gasteiger partial charge in [0, 0.05) is 12.7 Å². The quantitative estimate of drug-likeness (QED) is 0.596. The maximum Gasteiger partial charge on any atom is 0.233 e. The number of allylic oxidation sites excluding steroid dienone is 3. The zero-order valence-corrected chi connectivity index (χ0v) is 8.00. The number of hydrogen-bond donors (Lipinski definition) is 1. The molecule has 1 fully saturated rings. The number of amides is 1. The van der Waals surface area contributed by atoms with Gasteiger partial charge in [-0.2, -0.15) is 0 Å². The van der Waals surface area contributed by atoms with Crippen LogP contribution in [0.15, 0.2) is 23.4 Å². The first kappa shape index (κ1) is 8.35. The van der Waals surface area contributed by atoms with Crippen LogP contribution in [-0.2, 0) is 4.79 Å². The maximum atomic E-state index is 11.7. The summed E-state index contributed by atoms with van der Waals surface area (Å²) >= 11 is 0. The lowest BCUT2D eigenvalue weighted by atomic mass is 9.90. The number of nitrogens with zero attached hydrogens (tertiary/aromatic N) is 1. The summed E-state index contributed by atoms with van der Waals surface area (Å²) in [4.78, 5) is 13.5. The Morgan fingerprint density at radius 1 is 1.62 bits per heavy atom. The van der Waals surface area contributed by atoms with Crippen molar-refractivity contribution in [1.29, 1.82) is 0 Å². The van der Waals surface area contributed by atoms with Crippen LogP contribution in [0.3, 0.4) is 0 Å². The Morgan fingerprint density at radius 2 is 2.38 bits per heavy atom. The number of hydrogen-bond acceptors (Lipinski definition) is 2. The molecule has 1 unspecified atom stereocenters. The summed E-state index contributed by atoms with van der Waals surface area (Å²) in [5, 5.41) is 3.28. The van der Waals surface area contributed by atoms with Crippen LogP contribution in [0.25, 0.3) is 0 Å². The molecule has 1 N–H and O–H groups in total. The van der Waals surface area contributed by atoms with Gasteiger partial charge >= 0.3 is 0 Å². The van der Waals surface area contributed by atoms with Gasteiger partial charge in [-0.05, 0) is 18.9 Å². The summed E-state index contributed by atoms with van der Waals surface area (Å²) in [5.41, 5.74) is 2.31. The molecule has 1 aliphatic carbocycles. The van der Waals surface area contributed by atoms with Gasteiger partial charge in [-0.25, -0.2) is 0 Å². The molecule has 0 saturated carbocycles. The highest BCUT2D eigenvalue weighted by Crippen LogP contribution is 2.27. The second kappa shape index (κ2) is 2.91. The molecule has 0 aromatic rings. The Labute approximate surface area is 78.1 Å². The van der Waals surface area contributed by atoms with Crippen molar-refractivity contribution in [2.45, 2.75) is 13.3 Å². The average molecular weight is 178 g/mol. The lowest BCUT2D eigenvalue weighted by molar-refractivity contribution is -0.135. The SMILES string of the molecule is CC1=C2NCN(C)C(=O)C2CC=C1. The molecule has 2 rings (SSSR count). The molecule has 0 bridgehead atoms. The Kier molecular flexibility index (Phi) is 1.87. The molecule has 13 heavy (non-hydrogen) atoms. The summed E-state index contributed by atoms with van der Waals surface area (Å²) in [5.74, 6) is 0.279. The smallest absolute Gasteiger partial charge is 0.233 e. The van der Waals surface area contributed by atoms with Gasteiger partial charge in [0.25, 0.3) is 0 Å². The van der Waals surface area contributed by atoms with E-state index in [-0.39, 0.29) is 11.8 Å². The fourth-order valence-electron chi connectivity index (χ4n) is 1.90. The summed E-state index contributed by atoms with van der Waals surface area (Å²) < 4.78 is 0. The molecule has 3 nitrogen and oxygen atoms in total. The maximum absolute atomic E-state index is 11.7. The van der Waals surface area contributed by atoms with Gasteiger partial charge in [-0.15, -0.1) is 0 Å². The van der Waals surface area contributed by atoms with Crippen molar-refractivity contribution in [3.8, 4) is 0 Å². The van der Waals surface area contributed by atoms with Crippen molar-refractivity contribution in [2.75, 3.05) is 13.7 Å². The lowest BCUT2D eigenvalue weighted by Gasteiger charge is -2.34. The third-order valence-electron chi connectivity index (χ3n) is 2.69. The number of rotatable bonds is 0. The van der Waals surface area contributed by atoms with Crippen LogP contribution in [0.1, 0.15) is 13.3 Å². The van der Waals surface area contributed by atoms with Crippen LogP contribution < -0.4 is 5.32 Å². The zero-order chi connectivity index (χ0) is 9.42. The first-order valence-electron chi connectivity index (χ1n) is 4.56. The van der Waals surface area contributed by atoms with Crippen LogP contribution in [0.4, 0.5) is 0 Å². The highest BCUT2D eigenvalue weighted by atomic mass is 16.2. The minimum absolute atomic E-state index is 0.0451. The molecule has 1 atom stereocenters. The zero-order valence-electron chi connectivity index (χ0n) is 8.00. The number of nitrogens with one attached hydrogen (secondary N) is 1. The predicted octanol–water partition coefficient (Wildman–Crippen LogP) is 0.856. The van der Waals surface area contributed by atoms with Gasteiger partial charge in [0.2, 0.25) is 5.91 Å². The molecular weight excluding hydrogens is 164 g/mol. The van der Waals surface area contributed by atoms with E-state index in [4.69, 9.17) is 0 Å². The normalized spacial score (nSPS) is 27.4. The van der Waals surface area contributed by atoms with Gasteiger partial charge < -0.3 is 10.2 Å². The Morgan fingerprint density at radius 3 is 3.15 bits per heavy atom. The van der Waals surface area contributed by atoms with Crippen molar-refractivity contribution in [2.24, 2.45) is 5.92 Å². The summed E-state index contributed by atoms with van der Waals surface area (Å²) in [7, 11) is 1.83. The van der Waals surface area contributed by atoms with Gasteiger partial charge in [0.15, 0.2) is 0 Å². The molecule has 1 amide bonds. The molecule has 1 saturated heterocycles. The molecule has 0 aromatic carbocycles. The molecule has 0 aromatic heterocycles. The van der Waals surface area contributed by atoms with E-state index in [1.165, 1.54) is 5.57 Å². The summed E-state index contributed by atoms with van der Waals surface area (Å²) in [6.45, 7) is 2.68. The first-order chi connectivity index (χ1) is 6.20. The van der Waals surface area contributed by atoms with Gasteiger partial charge in [0.05, 0.1) is 12.6 Å². The number of carbonyl (C=O) groups is 1. The fourth-order valence-corrected chi connectivity index (χ4v) is 1.90. The van der Waals surface area contributed by atoms with Crippen LogP contribution in [0.5, 0.6) is 0 Å². The molecule has 70 valence electrons. The lowest BCUT2D eigenvalue weighted by Crippen LogP contribution is -2.48. The molecule has 1 heterocycles. The molecule has 3 heteroatoms.